The molecule has 3 atom stereocenters. The average molecular weight is 352 g/mol. The molecule has 2 saturated carbocycles. The van der Waals surface area contributed by atoms with E-state index in [1.165, 1.54) is 30.5 Å². The van der Waals surface area contributed by atoms with E-state index in [1.807, 2.05) is 0 Å². The molecule has 0 amide bonds. The van der Waals surface area contributed by atoms with Gasteiger partial charge in [-0.05, 0) is 48.1 Å². The molecule has 1 aromatic rings. The van der Waals surface area contributed by atoms with E-state index in [1.54, 1.807) is 7.11 Å². The predicted octanol–water partition coefficient (Wildman–Crippen LogP) is 5.22. The molecule has 0 saturated heterocycles. The highest BCUT2D eigenvalue weighted by molar-refractivity contribution is 9.10. The molecule has 0 aliphatic heterocycles. The maximum Gasteiger partial charge on any atom is 0.0744 e. The normalized spacial score (nSPS) is 33.4. The first-order chi connectivity index (χ1) is 9.90. The molecule has 3 unspecified atom stereocenters. The Hall–Kier alpha value is -0.540. The van der Waals surface area contributed by atoms with Gasteiger partial charge in [-0.1, -0.05) is 42.8 Å². The van der Waals surface area contributed by atoms with E-state index < -0.39 is 0 Å². The molecule has 0 spiro atoms. The first-order valence-corrected chi connectivity index (χ1v) is 8.72. The average Bonchev–Trinajstić information content (AvgIpc) is 2.76. The molecular formula is C18H26BrNO. The Morgan fingerprint density at radius 1 is 1.33 bits per heavy atom. The fraction of sp³-hybridized carbons (Fsp3) is 0.667. The maximum absolute atomic E-state index is 5.37. The molecule has 1 N–H and O–H groups in total. The molecule has 2 aliphatic rings. The van der Waals surface area contributed by atoms with Crippen LogP contribution in [0.15, 0.2) is 22.7 Å². The predicted molar refractivity (Wildman–Crippen MR) is 91.5 cm³/mol. The summed E-state index contributed by atoms with van der Waals surface area (Å²) in [5.41, 5.74) is 3.28. The van der Waals surface area contributed by atoms with Gasteiger partial charge < -0.3 is 10.1 Å². The summed E-state index contributed by atoms with van der Waals surface area (Å²) in [7, 11) is 1.76. The van der Waals surface area contributed by atoms with Gasteiger partial charge in [0.25, 0.3) is 0 Å². The number of hydrogen-bond donors (Lipinski definition) is 1. The van der Waals surface area contributed by atoms with E-state index in [9.17, 15) is 0 Å². The second-order valence-electron chi connectivity index (χ2n) is 7.51. The fourth-order valence-electron chi connectivity index (χ4n) is 4.59. The van der Waals surface area contributed by atoms with Crippen molar-refractivity contribution in [2.45, 2.75) is 52.7 Å². The van der Waals surface area contributed by atoms with E-state index in [0.29, 0.717) is 23.5 Å². The molecule has 2 bridgehead atoms. The summed E-state index contributed by atoms with van der Waals surface area (Å²) >= 11 is 3.65. The van der Waals surface area contributed by atoms with Gasteiger partial charge in [-0.15, -0.1) is 0 Å². The summed E-state index contributed by atoms with van der Waals surface area (Å²) in [5.74, 6) is 0.859. The van der Waals surface area contributed by atoms with Crippen molar-refractivity contribution in [3.8, 4) is 0 Å². The second kappa shape index (κ2) is 5.27. The van der Waals surface area contributed by atoms with E-state index >= 15 is 0 Å². The van der Waals surface area contributed by atoms with Crippen LogP contribution < -0.4 is 5.32 Å². The number of methoxy groups -OCH3 is 1. The van der Waals surface area contributed by atoms with Gasteiger partial charge in [-0.2, -0.15) is 0 Å². The Balaban J connectivity index is 1.87. The van der Waals surface area contributed by atoms with Gasteiger partial charge >= 0.3 is 0 Å². The molecule has 2 nitrogen and oxygen atoms in total. The van der Waals surface area contributed by atoms with Crippen molar-refractivity contribution < 1.29 is 4.74 Å². The molecular weight excluding hydrogens is 326 g/mol. The fourth-order valence-corrected chi connectivity index (χ4v) is 5.08. The van der Waals surface area contributed by atoms with E-state index in [0.717, 1.165) is 10.4 Å². The molecule has 0 aromatic heterocycles. The summed E-state index contributed by atoms with van der Waals surface area (Å²) in [6.45, 7) is 8.04. The lowest BCUT2D eigenvalue weighted by molar-refractivity contribution is 0.142. The van der Waals surface area contributed by atoms with Crippen molar-refractivity contribution >= 4 is 21.6 Å². The van der Waals surface area contributed by atoms with E-state index in [-0.39, 0.29) is 0 Å². The Labute approximate surface area is 136 Å². The standard InChI is InChI=1S/C18H26BrNO/c1-17(2)12-8-9-18(17,3)16(10-12)20-15-7-5-6-14(19)13(15)11-21-4/h5-7,12,16,20H,8-11H2,1-4H3. The lowest BCUT2D eigenvalue weighted by Gasteiger charge is -2.40. The molecule has 1 aromatic carbocycles. The number of benzene rings is 1. The molecule has 0 radical (unpaired) electrons. The Bertz CT molecular complexity index is 542. The lowest BCUT2D eigenvalue weighted by atomic mass is 9.69. The second-order valence-corrected chi connectivity index (χ2v) is 8.36. The van der Waals surface area contributed by atoms with Gasteiger partial charge in [-0.3, -0.25) is 0 Å². The van der Waals surface area contributed by atoms with Crippen molar-refractivity contribution in [3.05, 3.63) is 28.2 Å². The summed E-state index contributed by atoms with van der Waals surface area (Å²) in [5, 5.41) is 3.85. The van der Waals surface area contributed by atoms with Crippen molar-refractivity contribution in [1.29, 1.82) is 0 Å². The van der Waals surface area contributed by atoms with Crippen LogP contribution in [0.2, 0.25) is 0 Å². The van der Waals surface area contributed by atoms with Gasteiger partial charge in [0.2, 0.25) is 0 Å². The van der Waals surface area contributed by atoms with Gasteiger partial charge in [0.15, 0.2) is 0 Å². The number of rotatable bonds is 4. The minimum Gasteiger partial charge on any atom is -0.381 e. The number of nitrogens with one attached hydrogen (secondary N) is 1. The first kappa shape index (κ1) is 15.4. The Morgan fingerprint density at radius 2 is 2.10 bits per heavy atom. The number of fused-ring (bicyclic) bond motifs is 2. The van der Waals surface area contributed by atoms with Crippen LogP contribution in [0.25, 0.3) is 0 Å². The maximum atomic E-state index is 5.37. The number of anilines is 1. The van der Waals surface area contributed by atoms with Crippen LogP contribution in [-0.2, 0) is 11.3 Å². The van der Waals surface area contributed by atoms with Crippen LogP contribution in [-0.4, -0.2) is 13.2 Å². The largest absolute Gasteiger partial charge is 0.381 e. The number of halogens is 1. The first-order valence-electron chi connectivity index (χ1n) is 7.93. The van der Waals surface area contributed by atoms with Crippen LogP contribution in [0.5, 0.6) is 0 Å². The van der Waals surface area contributed by atoms with Crippen molar-refractivity contribution in [1.82, 2.24) is 0 Å². The third kappa shape index (κ3) is 2.24. The highest BCUT2D eigenvalue weighted by Crippen LogP contribution is 2.65. The lowest BCUT2D eigenvalue weighted by Crippen LogP contribution is -2.40. The monoisotopic (exact) mass is 351 g/mol. The van der Waals surface area contributed by atoms with Gasteiger partial charge in [0.1, 0.15) is 0 Å². The zero-order valence-corrected chi connectivity index (χ0v) is 15.1. The SMILES string of the molecule is COCc1c(Br)cccc1NC1CC2CCC1(C)C2(C)C. The molecule has 2 aliphatic carbocycles. The van der Waals surface area contributed by atoms with Gasteiger partial charge in [0.05, 0.1) is 6.61 Å². The molecule has 3 rings (SSSR count). The molecule has 2 fully saturated rings. The zero-order chi connectivity index (χ0) is 15.3. The van der Waals surface area contributed by atoms with Crippen molar-refractivity contribution in [2.24, 2.45) is 16.7 Å². The zero-order valence-electron chi connectivity index (χ0n) is 13.5. The van der Waals surface area contributed by atoms with Crippen molar-refractivity contribution in [3.63, 3.8) is 0 Å². The van der Waals surface area contributed by atoms with Crippen LogP contribution in [0.4, 0.5) is 5.69 Å². The van der Waals surface area contributed by atoms with Gasteiger partial charge in [0, 0.05) is 28.9 Å². The summed E-state index contributed by atoms with van der Waals surface area (Å²) in [4.78, 5) is 0. The van der Waals surface area contributed by atoms with Gasteiger partial charge in [-0.25, -0.2) is 0 Å². The van der Waals surface area contributed by atoms with Crippen LogP contribution in [0.1, 0.15) is 45.6 Å². The summed E-state index contributed by atoms with van der Waals surface area (Å²) < 4.78 is 6.50. The summed E-state index contributed by atoms with van der Waals surface area (Å²) in [6.07, 6.45) is 4.03. The molecule has 21 heavy (non-hydrogen) atoms. The smallest absolute Gasteiger partial charge is 0.0744 e. The summed E-state index contributed by atoms with van der Waals surface area (Å²) in [6, 6.07) is 6.94. The number of ether oxygens (including phenoxy) is 1. The number of hydrogen-bond acceptors (Lipinski definition) is 2. The van der Waals surface area contributed by atoms with Crippen LogP contribution in [0.3, 0.4) is 0 Å². The minimum atomic E-state index is 0.393. The van der Waals surface area contributed by atoms with E-state index in [4.69, 9.17) is 4.74 Å². The Kier molecular flexibility index (Phi) is 3.86. The molecule has 0 heterocycles. The molecule has 116 valence electrons. The third-order valence-electron chi connectivity index (χ3n) is 6.53. The Morgan fingerprint density at radius 3 is 2.67 bits per heavy atom. The highest BCUT2D eigenvalue weighted by atomic mass is 79.9. The molecule has 3 heteroatoms. The van der Waals surface area contributed by atoms with Crippen LogP contribution >= 0.6 is 15.9 Å². The highest BCUT2D eigenvalue weighted by Gasteiger charge is 2.61. The van der Waals surface area contributed by atoms with Crippen LogP contribution in [0, 0.1) is 16.7 Å². The topological polar surface area (TPSA) is 21.3 Å². The third-order valence-corrected chi connectivity index (χ3v) is 7.27. The minimum absolute atomic E-state index is 0.393. The quantitative estimate of drug-likeness (QED) is 0.802. The van der Waals surface area contributed by atoms with E-state index in [2.05, 4.69) is 60.2 Å². The van der Waals surface area contributed by atoms with Crippen molar-refractivity contribution in [2.75, 3.05) is 12.4 Å².